The summed E-state index contributed by atoms with van der Waals surface area (Å²) in [7, 11) is 0. The largest absolute Gasteiger partial charge is 0.395 e. The molecule has 1 unspecified atom stereocenters. The molecule has 3 N–H and O–H groups in total. The minimum Gasteiger partial charge on any atom is -0.395 e. The van der Waals surface area contributed by atoms with Gasteiger partial charge < -0.3 is 24.7 Å². The zero-order chi connectivity index (χ0) is 24.2. The molecule has 0 amide bonds. The maximum Gasteiger partial charge on any atom is 0.229 e. The number of aromatic amines is 1. The van der Waals surface area contributed by atoms with Gasteiger partial charge in [0.1, 0.15) is 17.3 Å². The topological polar surface area (TPSA) is 132 Å². The monoisotopic (exact) mass is 475 g/mol. The number of rotatable bonds is 9. The highest BCUT2D eigenvalue weighted by Crippen LogP contribution is 2.37. The van der Waals surface area contributed by atoms with Crippen molar-refractivity contribution in [3.05, 3.63) is 54.0 Å². The SMILES string of the molecule is CCN(CCO)c1cc(Nc2cc(C)[nH]n2)nc(N2CCCC2c2cc(-c3ccccn3)no2)n1. The first-order valence-corrected chi connectivity index (χ1v) is 11.8. The Balaban J connectivity index is 1.48. The lowest BCUT2D eigenvalue weighted by molar-refractivity contribution is 0.302. The van der Waals surface area contributed by atoms with Crippen LogP contribution in [0.1, 0.15) is 37.3 Å². The van der Waals surface area contributed by atoms with Gasteiger partial charge in [-0.1, -0.05) is 11.2 Å². The lowest BCUT2D eigenvalue weighted by Crippen LogP contribution is -2.29. The van der Waals surface area contributed by atoms with Gasteiger partial charge in [0.2, 0.25) is 5.95 Å². The predicted molar refractivity (Wildman–Crippen MR) is 133 cm³/mol. The van der Waals surface area contributed by atoms with Gasteiger partial charge >= 0.3 is 0 Å². The molecular formula is C24H29N9O2. The van der Waals surface area contributed by atoms with Gasteiger partial charge in [-0.05, 0) is 38.8 Å². The van der Waals surface area contributed by atoms with E-state index < -0.39 is 0 Å². The normalized spacial score (nSPS) is 15.5. The van der Waals surface area contributed by atoms with E-state index in [-0.39, 0.29) is 12.6 Å². The molecule has 11 heteroatoms. The number of nitrogens with zero attached hydrogens (tertiary/aromatic N) is 7. The number of aryl methyl sites for hydroxylation is 1. The van der Waals surface area contributed by atoms with Crippen molar-refractivity contribution in [3.63, 3.8) is 0 Å². The molecule has 5 heterocycles. The zero-order valence-electron chi connectivity index (χ0n) is 19.8. The van der Waals surface area contributed by atoms with Gasteiger partial charge in [-0.15, -0.1) is 0 Å². The van der Waals surface area contributed by atoms with E-state index in [4.69, 9.17) is 14.5 Å². The molecule has 0 aliphatic carbocycles. The summed E-state index contributed by atoms with van der Waals surface area (Å²) in [4.78, 5) is 18.2. The number of aromatic nitrogens is 6. The lowest BCUT2D eigenvalue weighted by Gasteiger charge is -2.26. The summed E-state index contributed by atoms with van der Waals surface area (Å²) in [5, 5.41) is 24.3. The minimum atomic E-state index is -0.0383. The van der Waals surface area contributed by atoms with E-state index in [1.165, 1.54) is 0 Å². The lowest BCUT2D eigenvalue weighted by atomic mass is 10.1. The fraction of sp³-hybridized carbons (Fsp3) is 0.375. The number of likely N-dealkylation sites (N-methyl/N-ethyl adjacent to an activating group) is 1. The first kappa shape index (κ1) is 22.8. The van der Waals surface area contributed by atoms with Crippen LogP contribution in [0.5, 0.6) is 0 Å². The van der Waals surface area contributed by atoms with Gasteiger partial charge in [-0.25, -0.2) is 0 Å². The molecule has 1 atom stereocenters. The number of aliphatic hydroxyl groups is 1. The second kappa shape index (κ2) is 10.1. The van der Waals surface area contributed by atoms with E-state index in [2.05, 4.69) is 30.6 Å². The molecule has 1 aliphatic heterocycles. The molecule has 1 saturated heterocycles. The molecule has 11 nitrogen and oxygen atoms in total. The van der Waals surface area contributed by atoms with Crippen molar-refractivity contribution in [3.8, 4) is 11.4 Å². The standard InChI is InChI=1S/C24H29N9O2/c1-3-32(11-12-34)23-15-21(26-22-13-16(2)29-30-22)27-24(28-23)33-10-6-8-19(33)20-14-18(31-35-20)17-7-4-5-9-25-17/h4-5,7,9,13-15,19,34H,3,6,8,10-12H2,1-2H3,(H2,26,27,28,29,30). The maximum absolute atomic E-state index is 9.55. The molecule has 0 saturated carbocycles. The number of pyridine rings is 1. The van der Waals surface area contributed by atoms with Crippen molar-refractivity contribution in [1.29, 1.82) is 0 Å². The second-order valence-corrected chi connectivity index (χ2v) is 8.46. The Morgan fingerprint density at radius 1 is 1.20 bits per heavy atom. The Kier molecular flexibility index (Phi) is 6.57. The van der Waals surface area contributed by atoms with Crippen molar-refractivity contribution in [2.24, 2.45) is 0 Å². The van der Waals surface area contributed by atoms with E-state index in [9.17, 15) is 5.11 Å². The van der Waals surface area contributed by atoms with Gasteiger partial charge in [0, 0.05) is 49.7 Å². The van der Waals surface area contributed by atoms with E-state index in [1.54, 1.807) is 6.20 Å². The summed E-state index contributed by atoms with van der Waals surface area (Å²) in [5.74, 6) is 3.39. The van der Waals surface area contributed by atoms with Gasteiger partial charge in [-0.3, -0.25) is 10.1 Å². The number of anilines is 4. The van der Waals surface area contributed by atoms with Crippen LogP contribution in [0.4, 0.5) is 23.4 Å². The molecule has 0 radical (unpaired) electrons. The average molecular weight is 476 g/mol. The number of hydrogen-bond acceptors (Lipinski definition) is 10. The van der Waals surface area contributed by atoms with E-state index in [0.29, 0.717) is 36.4 Å². The molecule has 0 spiro atoms. The smallest absolute Gasteiger partial charge is 0.229 e. The molecule has 4 aromatic rings. The first-order chi connectivity index (χ1) is 17.1. The van der Waals surface area contributed by atoms with Crippen LogP contribution in [-0.2, 0) is 0 Å². The summed E-state index contributed by atoms with van der Waals surface area (Å²) in [6, 6.07) is 11.4. The Labute approximate surface area is 203 Å². The van der Waals surface area contributed by atoms with Crippen LogP contribution in [0.25, 0.3) is 11.4 Å². The van der Waals surface area contributed by atoms with Crippen LogP contribution in [0.2, 0.25) is 0 Å². The average Bonchev–Trinajstić information content (AvgIpc) is 3.64. The van der Waals surface area contributed by atoms with E-state index in [0.717, 1.165) is 42.4 Å². The third kappa shape index (κ3) is 4.94. The van der Waals surface area contributed by atoms with Crippen molar-refractivity contribution in [1.82, 2.24) is 30.3 Å². The highest BCUT2D eigenvalue weighted by Gasteiger charge is 2.32. The molecule has 1 fully saturated rings. The third-order valence-corrected chi connectivity index (χ3v) is 6.03. The van der Waals surface area contributed by atoms with Gasteiger partial charge in [0.25, 0.3) is 0 Å². The van der Waals surface area contributed by atoms with Crippen LogP contribution >= 0.6 is 0 Å². The zero-order valence-corrected chi connectivity index (χ0v) is 19.8. The highest BCUT2D eigenvalue weighted by molar-refractivity contribution is 5.61. The molecule has 1 aliphatic rings. The van der Waals surface area contributed by atoms with E-state index >= 15 is 0 Å². The van der Waals surface area contributed by atoms with Crippen LogP contribution in [-0.4, -0.2) is 61.7 Å². The fourth-order valence-corrected chi connectivity index (χ4v) is 4.33. The summed E-state index contributed by atoms with van der Waals surface area (Å²) in [6.45, 7) is 5.99. The molecule has 0 bridgehead atoms. The van der Waals surface area contributed by atoms with Crippen LogP contribution in [0, 0.1) is 6.92 Å². The molecule has 182 valence electrons. The predicted octanol–water partition coefficient (Wildman–Crippen LogP) is 3.46. The van der Waals surface area contributed by atoms with Gasteiger partial charge in [0.05, 0.1) is 18.3 Å². The summed E-state index contributed by atoms with van der Waals surface area (Å²) < 4.78 is 5.76. The summed E-state index contributed by atoms with van der Waals surface area (Å²) in [6.07, 6.45) is 3.62. The summed E-state index contributed by atoms with van der Waals surface area (Å²) >= 11 is 0. The summed E-state index contributed by atoms with van der Waals surface area (Å²) in [5.41, 5.74) is 2.43. The van der Waals surface area contributed by atoms with Crippen LogP contribution in [0.3, 0.4) is 0 Å². The Hall–Kier alpha value is -3.99. The second-order valence-electron chi connectivity index (χ2n) is 8.46. The van der Waals surface area contributed by atoms with Crippen molar-refractivity contribution in [2.75, 3.05) is 41.4 Å². The minimum absolute atomic E-state index is 0.0369. The molecule has 4 aromatic heterocycles. The number of H-pyrrole nitrogens is 1. The highest BCUT2D eigenvalue weighted by atomic mass is 16.5. The number of aliphatic hydroxyl groups excluding tert-OH is 1. The van der Waals surface area contributed by atoms with Gasteiger partial charge in [-0.2, -0.15) is 15.1 Å². The van der Waals surface area contributed by atoms with Crippen molar-refractivity contribution < 1.29 is 9.63 Å². The Morgan fingerprint density at radius 2 is 2.11 bits per heavy atom. The maximum atomic E-state index is 9.55. The van der Waals surface area contributed by atoms with Crippen molar-refractivity contribution >= 4 is 23.4 Å². The quantitative estimate of drug-likeness (QED) is 0.330. The Bertz CT molecular complexity index is 1260. The van der Waals surface area contributed by atoms with Crippen LogP contribution < -0.4 is 15.1 Å². The number of nitrogens with one attached hydrogen (secondary N) is 2. The van der Waals surface area contributed by atoms with E-state index in [1.807, 2.05) is 55.1 Å². The van der Waals surface area contributed by atoms with Crippen LogP contribution in [0.15, 0.2) is 47.1 Å². The molecule has 0 aromatic carbocycles. The fourth-order valence-electron chi connectivity index (χ4n) is 4.33. The number of hydrogen-bond donors (Lipinski definition) is 3. The molecule has 35 heavy (non-hydrogen) atoms. The molecular weight excluding hydrogens is 446 g/mol. The first-order valence-electron chi connectivity index (χ1n) is 11.8. The third-order valence-electron chi connectivity index (χ3n) is 6.03. The van der Waals surface area contributed by atoms with Crippen molar-refractivity contribution in [2.45, 2.75) is 32.7 Å². The van der Waals surface area contributed by atoms with Gasteiger partial charge in [0.15, 0.2) is 11.6 Å². The molecule has 5 rings (SSSR count). The Morgan fingerprint density at radius 3 is 2.86 bits per heavy atom.